The molecule has 0 atom stereocenters. The maximum Gasteiger partial charge on any atom is 0.0853 e. The van der Waals surface area contributed by atoms with Crippen LogP contribution < -0.4 is 0 Å². The normalized spacial score (nSPS) is 11.6. The average Bonchev–Trinajstić information content (AvgIpc) is 2.02. The van der Waals surface area contributed by atoms with Crippen molar-refractivity contribution >= 4 is 0 Å². The van der Waals surface area contributed by atoms with E-state index in [1.165, 1.54) is 0 Å². The van der Waals surface area contributed by atoms with Gasteiger partial charge in [0.1, 0.15) is 0 Å². The SMILES string of the molecule is C=CCCOCC(N(C)C)N(C)C. The molecule has 0 aliphatic rings. The van der Waals surface area contributed by atoms with Gasteiger partial charge in [0, 0.05) is 0 Å². The van der Waals surface area contributed by atoms with Gasteiger partial charge in [-0.25, -0.2) is 0 Å². The summed E-state index contributed by atoms with van der Waals surface area (Å²) in [6.07, 6.45) is 3.15. The first-order valence-corrected chi connectivity index (χ1v) is 4.61. The number of hydrogen-bond acceptors (Lipinski definition) is 3. The fourth-order valence-corrected chi connectivity index (χ4v) is 1.12. The number of hydrogen-bond donors (Lipinski definition) is 0. The van der Waals surface area contributed by atoms with Crippen LogP contribution in [0.2, 0.25) is 0 Å². The second kappa shape index (κ2) is 7.06. The lowest BCUT2D eigenvalue weighted by Gasteiger charge is -2.30. The molecule has 0 aliphatic carbocycles. The molecule has 3 nitrogen and oxygen atoms in total. The van der Waals surface area contributed by atoms with Gasteiger partial charge in [-0.2, -0.15) is 0 Å². The Morgan fingerprint density at radius 3 is 2.15 bits per heavy atom. The molecule has 0 heterocycles. The first-order chi connectivity index (χ1) is 6.09. The molecule has 0 saturated carbocycles. The van der Waals surface area contributed by atoms with E-state index in [1.54, 1.807) is 0 Å². The van der Waals surface area contributed by atoms with E-state index in [9.17, 15) is 0 Å². The zero-order valence-corrected chi connectivity index (χ0v) is 9.29. The first kappa shape index (κ1) is 12.6. The Hall–Kier alpha value is -0.380. The minimum atomic E-state index is 0.352. The van der Waals surface area contributed by atoms with Crippen LogP contribution in [0.5, 0.6) is 0 Å². The number of ether oxygens (including phenoxy) is 1. The van der Waals surface area contributed by atoms with Crippen LogP contribution in [0.25, 0.3) is 0 Å². The third-order valence-corrected chi connectivity index (χ3v) is 1.93. The summed E-state index contributed by atoms with van der Waals surface area (Å²) in [5.74, 6) is 0. The molecule has 0 N–H and O–H groups in total. The smallest absolute Gasteiger partial charge is 0.0853 e. The van der Waals surface area contributed by atoms with Crippen molar-refractivity contribution in [3.8, 4) is 0 Å². The summed E-state index contributed by atoms with van der Waals surface area (Å²) < 4.78 is 5.50. The molecule has 0 saturated heterocycles. The summed E-state index contributed by atoms with van der Waals surface area (Å²) in [7, 11) is 8.23. The summed E-state index contributed by atoms with van der Waals surface area (Å²) in [6.45, 7) is 5.16. The van der Waals surface area contributed by atoms with Crippen LogP contribution >= 0.6 is 0 Å². The molecule has 0 bridgehead atoms. The molecule has 0 unspecified atom stereocenters. The van der Waals surface area contributed by atoms with E-state index in [0.717, 1.165) is 19.6 Å². The van der Waals surface area contributed by atoms with Gasteiger partial charge in [0.15, 0.2) is 0 Å². The van der Waals surface area contributed by atoms with Gasteiger partial charge in [-0.3, -0.25) is 9.80 Å². The third-order valence-electron chi connectivity index (χ3n) is 1.93. The molecule has 0 aromatic carbocycles. The molecule has 0 spiro atoms. The molecule has 0 aromatic heterocycles. The summed E-state index contributed by atoms with van der Waals surface area (Å²) in [5, 5.41) is 0. The Morgan fingerprint density at radius 1 is 1.23 bits per heavy atom. The maximum atomic E-state index is 5.50. The average molecular weight is 186 g/mol. The van der Waals surface area contributed by atoms with Crippen molar-refractivity contribution in [3.63, 3.8) is 0 Å². The van der Waals surface area contributed by atoms with Crippen molar-refractivity contribution in [2.24, 2.45) is 0 Å². The second-order valence-corrected chi connectivity index (χ2v) is 3.56. The Balaban J connectivity index is 3.63. The first-order valence-electron chi connectivity index (χ1n) is 4.61. The standard InChI is InChI=1S/C10H22N2O/c1-6-7-8-13-9-10(11(2)3)12(4)5/h6,10H,1,7-9H2,2-5H3. The van der Waals surface area contributed by atoms with E-state index in [2.05, 4.69) is 44.6 Å². The van der Waals surface area contributed by atoms with Gasteiger partial charge in [0.25, 0.3) is 0 Å². The van der Waals surface area contributed by atoms with Crippen molar-refractivity contribution in [1.29, 1.82) is 0 Å². The van der Waals surface area contributed by atoms with Crippen LogP contribution in [0, 0.1) is 0 Å². The van der Waals surface area contributed by atoms with Gasteiger partial charge in [0.05, 0.1) is 19.4 Å². The van der Waals surface area contributed by atoms with Crippen molar-refractivity contribution in [3.05, 3.63) is 12.7 Å². The molecule has 0 amide bonds. The highest BCUT2D eigenvalue weighted by atomic mass is 16.5. The summed E-state index contributed by atoms with van der Waals surface area (Å²) >= 11 is 0. The highest BCUT2D eigenvalue weighted by molar-refractivity contribution is 4.66. The molecular weight excluding hydrogens is 164 g/mol. The summed E-state index contributed by atoms with van der Waals surface area (Å²) in [5.41, 5.74) is 0. The fourth-order valence-electron chi connectivity index (χ4n) is 1.12. The number of rotatable bonds is 7. The molecule has 0 aliphatic heterocycles. The van der Waals surface area contributed by atoms with Crippen LogP contribution in [0.4, 0.5) is 0 Å². The van der Waals surface area contributed by atoms with Gasteiger partial charge in [-0.1, -0.05) is 6.08 Å². The van der Waals surface area contributed by atoms with E-state index < -0.39 is 0 Å². The van der Waals surface area contributed by atoms with E-state index in [4.69, 9.17) is 4.74 Å². The predicted molar refractivity (Wildman–Crippen MR) is 56.8 cm³/mol. The van der Waals surface area contributed by atoms with E-state index in [-0.39, 0.29) is 0 Å². The van der Waals surface area contributed by atoms with Crippen LogP contribution in [-0.4, -0.2) is 57.4 Å². The Labute approximate surface area is 82.0 Å². The summed E-state index contributed by atoms with van der Waals surface area (Å²) in [4.78, 5) is 4.29. The highest BCUT2D eigenvalue weighted by Gasteiger charge is 2.12. The van der Waals surface area contributed by atoms with Gasteiger partial charge < -0.3 is 4.74 Å². The Bertz CT molecular complexity index is 127. The molecular formula is C10H22N2O. The lowest BCUT2D eigenvalue weighted by molar-refractivity contribution is 0.0194. The molecule has 0 rings (SSSR count). The van der Waals surface area contributed by atoms with Crippen LogP contribution in [-0.2, 0) is 4.74 Å². The van der Waals surface area contributed by atoms with Crippen LogP contribution in [0.15, 0.2) is 12.7 Å². The van der Waals surface area contributed by atoms with E-state index >= 15 is 0 Å². The maximum absolute atomic E-state index is 5.50. The largest absolute Gasteiger partial charge is 0.378 e. The van der Waals surface area contributed by atoms with E-state index in [0.29, 0.717) is 6.17 Å². The number of nitrogens with zero attached hydrogens (tertiary/aromatic N) is 2. The minimum absolute atomic E-state index is 0.352. The summed E-state index contributed by atoms with van der Waals surface area (Å²) in [6, 6.07) is 0. The topological polar surface area (TPSA) is 15.7 Å². The van der Waals surface area contributed by atoms with Gasteiger partial charge in [-0.15, -0.1) is 6.58 Å². The van der Waals surface area contributed by atoms with Crippen LogP contribution in [0.1, 0.15) is 6.42 Å². The van der Waals surface area contributed by atoms with Gasteiger partial charge in [0.2, 0.25) is 0 Å². The second-order valence-electron chi connectivity index (χ2n) is 3.56. The van der Waals surface area contributed by atoms with Crippen molar-refractivity contribution in [2.75, 3.05) is 41.4 Å². The van der Waals surface area contributed by atoms with E-state index in [1.807, 2.05) is 6.08 Å². The Morgan fingerprint density at radius 2 is 1.77 bits per heavy atom. The monoisotopic (exact) mass is 186 g/mol. The number of likely N-dealkylation sites (N-methyl/N-ethyl adjacent to an activating group) is 2. The minimum Gasteiger partial charge on any atom is -0.378 e. The zero-order valence-electron chi connectivity index (χ0n) is 9.29. The molecule has 78 valence electrons. The van der Waals surface area contributed by atoms with Crippen molar-refractivity contribution in [2.45, 2.75) is 12.6 Å². The molecule has 0 fully saturated rings. The van der Waals surface area contributed by atoms with Crippen LogP contribution in [0.3, 0.4) is 0 Å². The lowest BCUT2D eigenvalue weighted by atomic mass is 10.4. The molecule has 0 radical (unpaired) electrons. The Kier molecular flexibility index (Phi) is 6.86. The van der Waals surface area contributed by atoms with Crippen molar-refractivity contribution in [1.82, 2.24) is 9.80 Å². The predicted octanol–water partition coefficient (Wildman–Crippen LogP) is 1.03. The molecule has 0 aromatic rings. The molecule has 3 heteroatoms. The fraction of sp³-hybridized carbons (Fsp3) is 0.800. The highest BCUT2D eigenvalue weighted by Crippen LogP contribution is 1.98. The van der Waals surface area contributed by atoms with Gasteiger partial charge >= 0.3 is 0 Å². The molecule has 13 heavy (non-hydrogen) atoms. The quantitative estimate of drug-likeness (QED) is 0.335. The lowest BCUT2D eigenvalue weighted by Crippen LogP contribution is -2.44. The van der Waals surface area contributed by atoms with Gasteiger partial charge in [-0.05, 0) is 34.6 Å². The zero-order chi connectivity index (χ0) is 10.3. The van der Waals surface area contributed by atoms with Crippen molar-refractivity contribution < 1.29 is 4.74 Å². The third kappa shape index (κ3) is 5.80.